The maximum absolute atomic E-state index is 12.6. The number of aryl methyl sites for hydroxylation is 1. The smallest absolute Gasteiger partial charge is 0.243 e. The molecular formula is C23H32N4O3S. The van der Waals surface area contributed by atoms with Crippen LogP contribution in [-0.2, 0) is 27.8 Å². The second kappa shape index (κ2) is 10.8. The number of carbonyl (C=O) groups excluding carboxylic acids is 1. The lowest BCUT2D eigenvalue weighted by Crippen LogP contribution is -2.48. The van der Waals surface area contributed by atoms with Gasteiger partial charge >= 0.3 is 0 Å². The lowest BCUT2D eigenvalue weighted by Gasteiger charge is -2.34. The molecule has 0 bridgehead atoms. The summed E-state index contributed by atoms with van der Waals surface area (Å²) in [6.45, 7) is 8.66. The van der Waals surface area contributed by atoms with Crippen molar-refractivity contribution >= 4 is 15.9 Å². The van der Waals surface area contributed by atoms with Crippen molar-refractivity contribution in [2.45, 2.75) is 38.1 Å². The summed E-state index contributed by atoms with van der Waals surface area (Å²) in [4.78, 5) is 21.3. The first-order valence-corrected chi connectivity index (χ1v) is 12.4. The molecule has 0 saturated carbocycles. The number of pyridine rings is 1. The maximum atomic E-state index is 12.6. The van der Waals surface area contributed by atoms with Crippen molar-refractivity contribution in [3.63, 3.8) is 0 Å². The largest absolute Gasteiger partial charge is 0.340 e. The van der Waals surface area contributed by atoms with Crippen molar-refractivity contribution in [1.82, 2.24) is 19.1 Å². The van der Waals surface area contributed by atoms with E-state index in [2.05, 4.69) is 9.88 Å². The third-order valence-electron chi connectivity index (χ3n) is 5.77. The van der Waals surface area contributed by atoms with E-state index in [4.69, 9.17) is 0 Å². The van der Waals surface area contributed by atoms with Crippen molar-refractivity contribution < 1.29 is 13.2 Å². The Morgan fingerprint density at radius 1 is 0.935 bits per heavy atom. The van der Waals surface area contributed by atoms with Crippen LogP contribution in [-0.4, -0.2) is 72.7 Å². The number of sulfonamides is 1. The molecule has 31 heavy (non-hydrogen) atoms. The zero-order chi connectivity index (χ0) is 22.3. The van der Waals surface area contributed by atoms with E-state index < -0.39 is 10.0 Å². The molecule has 1 aromatic carbocycles. The first-order chi connectivity index (χ1) is 14.9. The topological polar surface area (TPSA) is 73.8 Å². The van der Waals surface area contributed by atoms with Crippen LogP contribution in [0, 0.1) is 0 Å². The number of aromatic nitrogens is 1. The summed E-state index contributed by atoms with van der Waals surface area (Å²) in [5.41, 5.74) is 2.21. The van der Waals surface area contributed by atoms with Gasteiger partial charge in [-0.25, -0.2) is 8.42 Å². The lowest BCUT2D eigenvalue weighted by molar-refractivity contribution is -0.133. The molecule has 3 rings (SSSR count). The molecule has 1 aromatic heterocycles. The first kappa shape index (κ1) is 23.4. The quantitative estimate of drug-likeness (QED) is 0.594. The van der Waals surface area contributed by atoms with E-state index in [0.29, 0.717) is 30.8 Å². The number of piperazine rings is 1. The van der Waals surface area contributed by atoms with Gasteiger partial charge in [-0.05, 0) is 41.8 Å². The van der Waals surface area contributed by atoms with E-state index in [1.807, 2.05) is 43.0 Å². The molecule has 0 aliphatic carbocycles. The maximum Gasteiger partial charge on any atom is 0.243 e. The van der Waals surface area contributed by atoms with Crippen LogP contribution >= 0.6 is 0 Å². The summed E-state index contributed by atoms with van der Waals surface area (Å²) in [5, 5.41) is 0. The normalized spacial score (nSPS) is 15.4. The van der Waals surface area contributed by atoms with Crippen LogP contribution in [0.4, 0.5) is 0 Å². The molecular weight excluding hydrogens is 412 g/mol. The molecule has 0 unspecified atom stereocenters. The molecule has 8 heteroatoms. The van der Waals surface area contributed by atoms with Gasteiger partial charge in [-0.3, -0.25) is 14.7 Å². The predicted octanol–water partition coefficient (Wildman–Crippen LogP) is 2.39. The minimum Gasteiger partial charge on any atom is -0.340 e. The number of carbonyl (C=O) groups is 1. The number of rotatable bonds is 9. The standard InChI is InChI=1S/C23H32N4O3S/c1-3-27(4-2)31(29,30)22-8-5-20(6-9-22)7-10-23(28)26-17-15-25(16-18-26)19-21-11-13-24-14-12-21/h5-6,8-9,11-14H,3-4,7,10,15-19H2,1-2H3. The Labute approximate surface area is 185 Å². The first-order valence-electron chi connectivity index (χ1n) is 10.9. The lowest BCUT2D eigenvalue weighted by atomic mass is 10.1. The van der Waals surface area contributed by atoms with Crippen LogP contribution in [0.1, 0.15) is 31.4 Å². The minimum absolute atomic E-state index is 0.156. The summed E-state index contributed by atoms with van der Waals surface area (Å²) in [6, 6.07) is 11.0. The van der Waals surface area contributed by atoms with E-state index in [1.54, 1.807) is 24.5 Å². The van der Waals surface area contributed by atoms with Crippen LogP contribution in [0.5, 0.6) is 0 Å². The highest BCUT2D eigenvalue weighted by atomic mass is 32.2. The van der Waals surface area contributed by atoms with Crippen molar-refractivity contribution in [3.05, 3.63) is 59.9 Å². The van der Waals surface area contributed by atoms with Crippen LogP contribution < -0.4 is 0 Å². The molecule has 168 valence electrons. The fourth-order valence-corrected chi connectivity index (χ4v) is 5.31. The van der Waals surface area contributed by atoms with Gasteiger partial charge in [0.25, 0.3) is 0 Å². The molecule has 0 spiro atoms. The highest BCUT2D eigenvalue weighted by Crippen LogP contribution is 2.17. The van der Waals surface area contributed by atoms with Crippen LogP contribution in [0.3, 0.4) is 0 Å². The highest BCUT2D eigenvalue weighted by molar-refractivity contribution is 7.89. The van der Waals surface area contributed by atoms with Gasteiger partial charge in [0, 0.05) is 64.6 Å². The zero-order valence-electron chi connectivity index (χ0n) is 18.4. The second-order valence-electron chi connectivity index (χ2n) is 7.75. The third-order valence-corrected chi connectivity index (χ3v) is 7.84. The van der Waals surface area contributed by atoms with E-state index in [-0.39, 0.29) is 5.91 Å². The Hall–Kier alpha value is -2.29. The van der Waals surface area contributed by atoms with Gasteiger partial charge in [0.2, 0.25) is 15.9 Å². The second-order valence-corrected chi connectivity index (χ2v) is 9.68. The van der Waals surface area contributed by atoms with Gasteiger partial charge in [0.05, 0.1) is 4.90 Å². The Morgan fingerprint density at radius 2 is 1.55 bits per heavy atom. The molecule has 1 saturated heterocycles. The van der Waals surface area contributed by atoms with Gasteiger partial charge in [-0.2, -0.15) is 4.31 Å². The van der Waals surface area contributed by atoms with Gasteiger partial charge in [-0.15, -0.1) is 0 Å². The SMILES string of the molecule is CCN(CC)S(=O)(=O)c1ccc(CCC(=O)N2CCN(Cc3ccncc3)CC2)cc1. The number of amides is 1. The fraction of sp³-hybridized carbons (Fsp3) is 0.478. The molecule has 0 N–H and O–H groups in total. The Bertz CT molecular complexity index is 937. The third kappa shape index (κ3) is 6.12. The summed E-state index contributed by atoms with van der Waals surface area (Å²) in [7, 11) is -3.44. The molecule has 1 fully saturated rings. The number of hydrogen-bond donors (Lipinski definition) is 0. The monoisotopic (exact) mass is 444 g/mol. The highest BCUT2D eigenvalue weighted by Gasteiger charge is 2.22. The van der Waals surface area contributed by atoms with Crippen LogP contribution in [0.25, 0.3) is 0 Å². The Morgan fingerprint density at radius 3 is 2.13 bits per heavy atom. The fourth-order valence-electron chi connectivity index (χ4n) is 3.85. The summed E-state index contributed by atoms with van der Waals surface area (Å²) in [6.07, 6.45) is 4.66. The van der Waals surface area contributed by atoms with Gasteiger partial charge < -0.3 is 4.90 Å². The van der Waals surface area contributed by atoms with Crippen LogP contribution in [0.15, 0.2) is 53.7 Å². The molecule has 2 aromatic rings. The Kier molecular flexibility index (Phi) is 8.17. The predicted molar refractivity (Wildman–Crippen MR) is 121 cm³/mol. The molecule has 0 atom stereocenters. The number of hydrogen-bond acceptors (Lipinski definition) is 5. The number of benzene rings is 1. The average Bonchev–Trinajstić information content (AvgIpc) is 2.79. The van der Waals surface area contributed by atoms with Crippen molar-refractivity contribution in [3.8, 4) is 0 Å². The molecule has 1 amide bonds. The van der Waals surface area contributed by atoms with E-state index in [9.17, 15) is 13.2 Å². The van der Waals surface area contributed by atoms with Gasteiger partial charge in [0.1, 0.15) is 0 Å². The summed E-state index contributed by atoms with van der Waals surface area (Å²) >= 11 is 0. The Balaban J connectivity index is 1.47. The molecule has 7 nitrogen and oxygen atoms in total. The average molecular weight is 445 g/mol. The van der Waals surface area contributed by atoms with Gasteiger partial charge in [0.15, 0.2) is 0 Å². The van der Waals surface area contributed by atoms with Crippen molar-refractivity contribution in [1.29, 1.82) is 0 Å². The van der Waals surface area contributed by atoms with E-state index in [1.165, 1.54) is 9.87 Å². The molecule has 0 radical (unpaired) electrons. The summed E-state index contributed by atoms with van der Waals surface area (Å²) in [5.74, 6) is 0.156. The van der Waals surface area contributed by atoms with E-state index in [0.717, 1.165) is 38.3 Å². The number of nitrogens with zero attached hydrogens (tertiary/aromatic N) is 4. The zero-order valence-corrected chi connectivity index (χ0v) is 19.2. The summed E-state index contributed by atoms with van der Waals surface area (Å²) < 4.78 is 26.6. The molecule has 2 heterocycles. The minimum atomic E-state index is -3.44. The molecule has 1 aliphatic heterocycles. The van der Waals surface area contributed by atoms with E-state index >= 15 is 0 Å². The van der Waals surface area contributed by atoms with Crippen molar-refractivity contribution in [2.75, 3.05) is 39.3 Å². The van der Waals surface area contributed by atoms with Gasteiger partial charge in [-0.1, -0.05) is 26.0 Å². The van der Waals surface area contributed by atoms with Crippen LogP contribution in [0.2, 0.25) is 0 Å². The molecule has 1 aliphatic rings. The van der Waals surface area contributed by atoms with Crippen molar-refractivity contribution in [2.24, 2.45) is 0 Å².